The number of nitrogens with zero attached hydrogens (tertiary/aromatic N) is 3. The van der Waals surface area contributed by atoms with Crippen LogP contribution in [0.25, 0.3) is 16.9 Å². The van der Waals surface area contributed by atoms with Gasteiger partial charge in [-0.25, -0.2) is 18.4 Å². The van der Waals surface area contributed by atoms with Crippen molar-refractivity contribution in [3.63, 3.8) is 0 Å². The topological polar surface area (TPSA) is 30.7 Å². The van der Waals surface area contributed by atoms with Gasteiger partial charge in [-0.3, -0.25) is 0 Å². The molecule has 0 aliphatic carbocycles. The second-order valence-corrected chi connectivity index (χ2v) is 4.02. The summed E-state index contributed by atoms with van der Waals surface area (Å²) < 4.78 is 27.9. The van der Waals surface area contributed by atoms with Gasteiger partial charge in [0.25, 0.3) is 0 Å². The second-order valence-electron chi connectivity index (χ2n) is 4.02. The molecule has 0 spiro atoms. The van der Waals surface area contributed by atoms with E-state index in [-0.39, 0.29) is 0 Å². The minimum atomic E-state index is -0.611. The molecule has 3 rings (SSSR count). The maximum absolute atomic E-state index is 13.2. The van der Waals surface area contributed by atoms with E-state index in [4.69, 9.17) is 0 Å². The van der Waals surface area contributed by atoms with Gasteiger partial charge in [-0.2, -0.15) is 5.10 Å². The average molecular weight is 257 g/mol. The molecular formula is C14H9F2N3. The fourth-order valence-corrected chi connectivity index (χ4v) is 1.81. The SMILES string of the molecule is Fc1cc(F)cc(-c2cnn(-c3ccccn3)c2)c1. The van der Waals surface area contributed by atoms with Crippen molar-refractivity contribution in [3.05, 3.63) is 66.6 Å². The zero-order valence-corrected chi connectivity index (χ0v) is 9.79. The molecule has 0 unspecified atom stereocenters. The first kappa shape index (κ1) is 11.5. The van der Waals surface area contributed by atoms with Gasteiger partial charge in [-0.1, -0.05) is 6.07 Å². The third-order valence-corrected chi connectivity index (χ3v) is 2.66. The number of pyridine rings is 1. The molecule has 0 N–H and O–H groups in total. The molecule has 94 valence electrons. The van der Waals surface area contributed by atoms with Crippen LogP contribution in [-0.4, -0.2) is 14.8 Å². The van der Waals surface area contributed by atoms with E-state index in [9.17, 15) is 8.78 Å². The van der Waals surface area contributed by atoms with Crippen molar-refractivity contribution in [2.75, 3.05) is 0 Å². The van der Waals surface area contributed by atoms with Crippen molar-refractivity contribution < 1.29 is 8.78 Å². The lowest BCUT2D eigenvalue weighted by atomic mass is 10.1. The van der Waals surface area contributed by atoms with Gasteiger partial charge < -0.3 is 0 Å². The van der Waals surface area contributed by atoms with Crippen molar-refractivity contribution >= 4 is 0 Å². The van der Waals surface area contributed by atoms with Crippen LogP contribution >= 0.6 is 0 Å². The summed E-state index contributed by atoms with van der Waals surface area (Å²) in [6.45, 7) is 0. The number of aromatic nitrogens is 3. The Morgan fingerprint density at radius 3 is 2.42 bits per heavy atom. The monoisotopic (exact) mass is 257 g/mol. The highest BCUT2D eigenvalue weighted by Gasteiger charge is 2.07. The van der Waals surface area contributed by atoms with Crippen LogP contribution in [0.4, 0.5) is 8.78 Å². The number of hydrogen-bond acceptors (Lipinski definition) is 2. The zero-order chi connectivity index (χ0) is 13.2. The summed E-state index contributed by atoms with van der Waals surface area (Å²) in [6.07, 6.45) is 4.87. The van der Waals surface area contributed by atoms with Gasteiger partial charge in [0, 0.05) is 24.0 Å². The zero-order valence-electron chi connectivity index (χ0n) is 9.79. The van der Waals surface area contributed by atoms with Gasteiger partial charge in [0.15, 0.2) is 5.82 Å². The Kier molecular flexibility index (Phi) is 2.79. The Hall–Kier alpha value is -2.56. The first-order chi connectivity index (χ1) is 9.22. The van der Waals surface area contributed by atoms with Crippen LogP contribution in [0.1, 0.15) is 0 Å². The fourth-order valence-electron chi connectivity index (χ4n) is 1.81. The summed E-state index contributed by atoms with van der Waals surface area (Å²) in [4.78, 5) is 4.14. The van der Waals surface area contributed by atoms with E-state index in [0.717, 1.165) is 6.07 Å². The largest absolute Gasteiger partial charge is 0.237 e. The second kappa shape index (κ2) is 4.61. The van der Waals surface area contributed by atoms with Crippen molar-refractivity contribution in [1.29, 1.82) is 0 Å². The summed E-state index contributed by atoms with van der Waals surface area (Å²) in [5.41, 5.74) is 1.07. The van der Waals surface area contributed by atoms with Gasteiger partial charge in [0.1, 0.15) is 11.6 Å². The molecular weight excluding hydrogens is 248 g/mol. The molecule has 0 fully saturated rings. The van der Waals surface area contributed by atoms with E-state index in [1.165, 1.54) is 12.1 Å². The van der Waals surface area contributed by atoms with Crippen LogP contribution in [0.15, 0.2) is 55.0 Å². The van der Waals surface area contributed by atoms with Gasteiger partial charge in [-0.05, 0) is 29.8 Å². The minimum absolute atomic E-state index is 0.444. The lowest BCUT2D eigenvalue weighted by Gasteiger charge is -1.99. The highest BCUT2D eigenvalue weighted by Crippen LogP contribution is 2.21. The summed E-state index contributed by atoms with van der Waals surface area (Å²) in [6, 6.07) is 8.81. The van der Waals surface area contributed by atoms with E-state index in [1.54, 1.807) is 35.4 Å². The van der Waals surface area contributed by atoms with E-state index in [2.05, 4.69) is 10.1 Å². The molecule has 0 aliphatic rings. The Labute approximate surface area is 108 Å². The van der Waals surface area contributed by atoms with Gasteiger partial charge in [0.05, 0.1) is 6.20 Å². The first-order valence-electron chi connectivity index (χ1n) is 5.65. The molecule has 19 heavy (non-hydrogen) atoms. The third kappa shape index (κ3) is 2.35. The van der Waals surface area contributed by atoms with Crippen LogP contribution < -0.4 is 0 Å². The van der Waals surface area contributed by atoms with E-state index >= 15 is 0 Å². The van der Waals surface area contributed by atoms with Crippen molar-refractivity contribution in [1.82, 2.24) is 14.8 Å². The molecule has 0 saturated carbocycles. The smallest absolute Gasteiger partial charge is 0.153 e. The summed E-state index contributed by atoms with van der Waals surface area (Å²) in [7, 11) is 0. The molecule has 0 radical (unpaired) electrons. The van der Waals surface area contributed by atoms with Crippen molar-refractivity contribution in [2.45, 2.75) is 0 Å². The predicted molar refractivity (Wildman–Crippen MR) is 66.7 cm³/mol. The summed E-state index contributed by atoms with van der Waals surface area (Å²) >= 11 is 0. The van der Waals surface area contributed by atoms with Crippen LogP contribution in [0.5, 0.6) is 0 Å². The molecule has 2 aromatic heterocycles. The minimum Gasteiger partial charge on any atom is -0.237 e. The van der Waals surface area contributed by atoms with Gasteiger partial charge in [-0.15, -0.1) is 0 Å². The fraction of sp³-hybridized carbons (Fsp3) is 0. The quantitative estimate of drug-likeness (QED) is 0.705. The van der Waals surface area contributed by atoms with Crippen molar-refractivity contribution in [3.8, 4) is 16.9 Å². The van der Waals surface area contributed by atoms with Gasteiger partial charge in [0.2, 0.25) is 0 Å². The lowest BCUT2D eigenvalue weighted by molar-refractivity contribution is 0.584. The Balaban J connectivity index is 2.02. The Bertz CT molecular complexity index is 687. The molecule has 5 heteroatoms. The van der Waals surface area contributed by atoms with Crippen molar-refractivity contribution in [2.24, 2.45) is 0 Å². The molecule has 0 saturated heterocycles. The van der Waals surface area contributed by atoms with Gasteiger partial charge >= 0.3 is 0 Å². The molecule has 0 bridgehead atoms. The molecule has 2 heterocycles. The standard InChI is InChI=1S/C14H9F2N3/c15-12-5-10(6-13(16)7-12)11-8-18-19(9-11)14-3-1-2-4-17-14/h1-9H. The number of benzene rings is 1. The molecule has 1 aromatic carbocycles. The first-order valence-corrected chi connectivity index (χ1v) is 5.65. The normalized spacial score (nSPS) is 10.6. The van der Waals surface area contributed by atoms with E-state index < -0.39 is 11.6 Å². The highest BCUT2D eigenvalue weighted by atomic mass is 19.1. The van der Waals surface area contributed by atoms with Crippen LogP contribution in [0, 0.1) is 11.6 Å². The summed E-state index contributed by atoms with van der Waals surface area (Å²) in [5.74, 6) is -0.577. The molecule has 0 aliphatic heterocycles. The maximum atomic E-state index is 13.2. The molecule has 0 amide bonds. The molecule has 3 nitrogen and oxygen atoms in total. The van der Waals surface area contributed by atoms with E-state index in [1.807, 2.05) is 6.07 Å². The van der Waals surface area contributed by atoms with Crippen LogP contribution in [0.3, 0.4) is 0 Å². The average Bonchev–Trinajstić information content (AvgIpc) is 2.88. The number of hydrogen-bond donors (Lipinski definition) is 0. The number of halogens is 2. The third-order valence-electron chi connectivity index (χ3n) is 2.66. The predicted octanol–water partition coefficient (Wildman–Crippen LogP) is 3.21. The van der Waals surface area contributed by atoms with Crippen LogP contribution in [-0.2, 0) is 0 Å². The summed E-state index contributed by atoms with van der Waals surface area (Å²) in [5, 5.41) is 4.13. The number of rotatable bonds is 2. The Morgan fingerprint density at radius 1 is 0.947 bits per heavy atom. The lowest BCUT2D eigenvalue weighted by Crippen LogP contribution is -1.95. The molecule has 3 aromatic rings. The van der Waals surface area contributed by atoms with Crippen LogP contribution in [0.2, 0.25) is 0 Å². The Morgan fingerprint density at radius 2 is 1.74 bits per heavy atom. The maximum Gasteiger partial charge on any atom is 0.153 e. The molecule has 0 atom stereocenters. The highest BCUT2D eigenvalue weighted by molar-refractivity contribution is 5.62. The van der Waals surface area contributed by atoms with E-state index in [0.29, 0.717) is 16.9 Å².